The zero-order valence-electron chi connectivity index (χ0n) is 16.4. The highest BCUT2D eigenvalue weighted by Crippen LogP contribution is 2.37. The summed E-state index contributed by atoms with van der Waals surface area (Å²) in [4.78, 5) is 0. The van der Waals surface area contributed by atoms with Crippen LogP contribution in [0.3, 0.4) is 0 Å². The second kappa shape index (κ2) is 10.4. The van der Waals surface area contributed by atoms with E-state index in [2.05, 4.69) is 77.5 Å². The maximum atomic E-state index is 6.46. The van der Waals surface area contributed by atoms with Crippen LogP contribution in [-0.4, -0.2) is 6.04 Å². The van der Waals surface area contributed by atoms with Crippen molar-refractivity contribution in [2.24, 2.45) is 5.73 Å². The number of ether oxygens (including phenoxy) is 1. The maximum Gasteiger partial charge on any atom is 0.123 e. The zero-order chi connectivity index (χ0) is 19.8. The van der Waals surface area contributed by atoms with Crippen LogP contribution in [0, 0.1) is 0 Å². The molecule has 0 fully saturated rings. The molecule has 0 aliphatic rings. The van der Waals surface area contributed by atoms with Gasteiger partial charge in [-0.25, -0.2) is 0 Å². The number of nitrogens with two attached hydrogens (primary N) is 1. The molecule has 3 aromatic rings. The van der Waals surface area contributed by atoms with Crippen molar-refractivity contribution in [1.82, 2.24) is 0 Å². The quantitative estimate of drug-likeness (QED) is 0.405. The van der Waals surface area contributed by atoms with E-state index in [1.54, 1.807) is 0 Å². The van der Waals surface area contributed by atoms with Gasteiger partial charge in [-0.2, -0.15) is 0 Å². The molecule has 0 aromatic heterocycles. The monoisotopic (exact) mass is 437 g/mol. The Labute approximate surface area is 176 Å². The van der Waals surface area contributed by atoms with Gasteiger partial charge in [0.05, 0.1) is 0 Å². The minimum Gasteiger partial charge on any atom is -0.489 e. The predicted molar refractivity (Wildman–Crippen MR) is 121 cm³/mol. The van der Waals surface area contributed by atoms with E-state index in [9.17, 15) is 0 Å². The standard InChI is InChI=1S/C25H28BrNO/c1-2-9-22(27)17-23(20-12-7-4-8-13-20)24-16-21(26)14-15-25(24)28-18-19-10-5-3-6-11-19/h3-8,10-16,22-23H,2,9,17-18,27H2,1H3. The Bertz CT molecular complexity index is 851. The summed E-state index contributed by atoms with van der Waals surface area (Å²) in [6.45, 7) is 2.74. The van der Waals surface area contributed by atoms with Crippen LogP contribution in [0.2, 0.25) is 0 Å². The Morgan fingerprint density at radius 2 is 1.61 bits per heavy atom. The van der Waals surface area contributed by atoms with Crippen LogP contribution in [0.15, 0.2) is 83.3 Å². The fraction of sp³-hybridized carbons (Fsp3) is 0.280. The molecule has 2 unspecified atom stereocenters. The van der Waals surface area contributed by atoms with Crippen molar-refractivity contribution >= 4 is 15.9 Å². The third kappa shape index (κ3) is 5.70. The zero-order valence-corrected chi connectivity index (χ0v) is 17.9. The summed E-state index contributed by atoms with van der Waals surface area (Å²) in [5, 5.41) is 0. The molecule has 0 aliphatic carbocycles. The summed E-state index contributed by atoms with van der Waals surface area (Å²) in [7, 11) is 0. The average Bonchev–Trinajstić information content (AvgIpc) is 2.73. The van der Waals surface area contributed by atoms with Crippen LogP contribution in [0.5, 0.6) is 5.75 Å². The summed E-state index contributed by atoms with van der Waals surface area (Å²) >= 11 is 3.64. The highest BCUT2D eigenvalue weighted by molar-refractivity contribution is 9.10. The van der Waals surface area contributed by atoms with Crippen LogP contribution in [0.1, 0.15) is 48.8 Å². The molecule has 28 heavy (non-hydrogen) atoms. The topological polar surface area (TPSA) is 35.2 Å². The number of hydrogen-bond donors (Lipinski definition) is 1. The minimum atomic E-state index is 0.163. The van der Waals surface area contributed by atoms with Gasteiger partial charge in [0.25, 0.3) is 0 Å². The van der Waals surface area contributed by atoms with Gasteiger partial charge in [-0.15, -0.1) is 0 Å². The summed E-state index contributed by atoms with van der Waals surface area (Å²) in [6.07, 6.45) is 3.02. The molecule has 2 N–H and O–H groups in total. The summed E-state index contributed by atoms with van der Waals surface area (Å²) in [6, 6.07) is 27.3. The first-order valence-corrected chi connectivity index (χ1v) is 10.7. The van der Waals surface area contributed by atoms with Gasteiger partial charge >= 0.3 is 0 Å². The molecule has 3 heteroatoms. The van der Waals surface area contributed by atoms with Crippen LogP contribution in [0.4, 0.5) is 0 Å². The Kier molecular flexibility index (Phi) is 7.70. The summed E-state index contributed by atoms with van der Waals surface area (Å²) in [5.41, 5.74) is 10.1. The summed E-state index contributed by atoms with van der Waals surface area (Å²) in [5.74, 6) is 1.12. The predicted octanol–water partition coefficient (Wildman–Crippen LogP) is 6.68. The van der Waals surface area contributed by atoms with Crippen molar-refractivity contribution in [3.05, 3.63) is 100 Å². The number of hydrogen-bond acceptors (Lipinski definition) is 2. The number of benzene rings is 3. The Morgan fingerprint density at radius 3 is 2.29 bits per heavy atom. The fourth-order valence-corrected chi connectivity index (χ4v) is 3.96. The molecule has 0 saturated carbocycles. The van der Waals surface area contributed by atoms with E-state index in [0.717, 1.165) is 35.0 Å². The largest absolute Gasteiger partial charge is 0.489 e. The van der Waals surface area contributed by atoms with Crippen LogP contribution < -0.4 is 10.5 Å². The molecule has 0 heterocycles. The van der Waals surface area contributed by atoms with E-state index >= 15 is 0 Å². The lowest BCUT2D eigenvalue weighted by Gasteiger charge is -2.24. The summed E-state index contributed by atoms with van der Waals surface area (Å²) < 4.78 is 7.32. The number of halogens is 1. The van der Waals surface area contributed by atoms with E-state index in [-0.39, 0.29) is 12.0 Å². The molecule has 3 rings (SSSR count). The van der Waals surface area contributed by atoms with Crippen molar-refractivity contribution in [2.45, 2.75) is 44.8 Å². The van der Waals surface area contributed by atoms with Gasteiger partial charge in [0, 0.05) is 22.0 Å². The first-order valence-electron chi connectivity index (χ1n) is 9.94. The molecule has 146 valence electrons. The van der Waals surface area contributed by atoms with E-state index < -0.39 is 0 Å². The molecule has 2 atom stereocenters. The van der Waals surface area contributed by atoms with Gasteiger partial charge < -0.3 is 10.5 Å². The smallest absolute Gasteiger partial charge is 0.123 e. The molecule has 0 radical (unpaired) electrons. The maximum absolute atomic E-state index is 6.46. The van der Waals surface area contributed by atoms with Gasteiger partial charge in [-0.1, -0.05) is 89.9 Å². The lowest BCUT2D eigenvalue weighted by molar-refractivity contribution is 0.301. The second-order valence-electron chi connectivity index (χ2n) is 7.20. The first-order chi connectivity index (χ1) is 13.7. The molecule has 0 bridgehead atoms. The van der Waals surface area contributed by atoms with Crippen molar-refractivity contribution in [3.8, 4) is 5.75 Å². The average molecular weight is 438 g/mol. The van der Waals surface area contributed by atoms with Crippen molar-refractivity contribution in [3.63, 3.8) is 0 Å². The highest BCUT2D eigenvalue weighted by Gasteiger charge is 2.21. The van der Waals surface area contributed by atoms with Gasteiger partial charge in [0.15, 0.2) is 0 Å². The van der Waals surface area contributed by atoms with Gasteiger partial charge in [-0.3, -0.25) is 0 Å². The Balaban J connectivity index is 1.92. The molecule has 0 amide bonds. The second-order valence-corrected chi connectivity index (χ2v) is 8.12. The Hall–Kier alpha value is -2.10. The first kappa shape index (κ1) is 20.6. The van der Waals surface area contributed by atoms with E-state index in [1.807, 2.05) is 24.3 Å². The van der Waals surface area contributed by atoms with Gasteiger partial charge in [0.1, 0.15) is 12.4 Å². The van der Waals surface area contributed by atoms with E-state index in [4.69, 9.17) is 10.5 Å². The lowest BCUT2D eigenvalue weighted by Crippen LogP contribution is -2.23. The molecular formula is C25H28BrNO. The van der Waals surface area contributed by atoms with Crippen molar-refractivity contribution in [1.29, 1.82) is 0 Å². The number of rotatable bonds is 9. The van der Waals surface area contributed by atoms with Crippen LogP contribution >= 0.6 is 15.9 Å². The molecular weight excluding hydrogens is 410 g/mol. The molecule has 0 aliphatic heterocycles. The lowest BCUT2D eigenvalue weighted by atomic mass is 9.84. The fourth-order valence-electron chi connectivity index (χ4n) is 3.58. The van der Waals surface area contributed by atoms with E-state index in [0.29, 0.717) is 6.61 Å². The SMILES string of the molecule is CCCC(N)CC(c1ccccc1)c1cc(Br)ccc1OCc1ccccc1. The molecule has 2 nitrogen and oxygen atoms in total. The van der Waals surface area contributed by atoms with Gasteiger partial charge in [-0.05, 0) is 42.2 Å². The Morgan fingerprint density at radius 1 is 0.929 bits per heavy atom. The highest BCUT2D eigenvalue weighted by atomic mass is 79.9. The third-order valence-corrected chi connectivity index (χ3v) is 5.48. The van der Waals surface area contributed by atoms with E-state index in [1.165, 1.54) is 11.1 Å². The van der Waals surface area contributed by atoms with Crippen LogP contribution in [-0.2, 0) is 6.61 Å². The van der Waals surface area contributed by atoms with Crippen LogP contribution in [0.25, 0.3) is 0 Å². The molecule has 3 aromatic carbocycles. The minimum absolute atomic E-state index is 0.163. The normalized spacial score (nSPS) is 13.1. The van der Waals surface area contributed by atoms with Crippen molar-refractivity contribution in [2.75, 3.05) is 0 Å². The third-order valence-electron chi connectivity index (χ3n) is 4.98. The molecule has 0 spiro atoms. The molecule has 0 saturated heterocycles. The van der Waals surface area contributed by atoms with Gasteiger partial charge in [0.2, 0.25) is 0 Å². The van der Waals surface area contributed by atoms with Crippen molar-refractivity contribution < 1.29 is 4.74 Å².